The van der Waals surface area contributed by atoms with Gasteiger partial charge in [-0.05, 0) is 59.7 Å². The minimum atomic E-state index is 0.0823. The first-order chi connectivity index (χ1) is 10.8. The highest BCUT2D eigenvalue weighted by molar-refractivity contribution is 7.17. The zero-order valence-corrected chi connectivity index (χ0v) is 13.9. The Kier molecular flexibility index (Phi) is 3.72. The summed E-state index contributed by atoms with van der Waals surface area (Å²) in [7, 11) is 0. The van der Waals surface area contributed by atoms with Crippen molar-refractivity contribution in [2.45, 2.75) is 25.7 Å². The third-order valence-corrected chi connectivity index (χ3v) is 6.46. The van der Waals surface area contributed by atoms with Crippen molar-refractivity contribution in [3.63, 3.8) is 0 Å². The fraction of sp³-hybridized carbons (Fsp3) is 0.278. The van der Waals surface area contributed by atoms with Gasteiger partial charge in [-0.1, -0.05) is 18.2 Å². The Morgan fingerprint density at radius 3 is 3.05 bits per heavy atom. The lowest BCUT2D eigenvalue weighted by Crippen LogP contribution is -2.24. The molecule has 2 heterocycles. The summed E-state index contributed by atoms with van der Waals surface area (Å²) < 4.78 is 1.32. The number of amides is 1. The summed E-state index contributed by atoms with van der Waals surface area (Å²) in [6, 6.07) is 10.5. The smallest absolute Gasteiger partial charge is 0.261 e. The van der Waals surface area contributed by atoms with Gasteiger partial charge in [0.15, 0.2) is 0 Å². The Labute approximate surface area is 137 Å². The Bertz CT molecular complexity index is 809. The van der Waals surface area contributed by atoms with Crippen LogP contribution in [0.25, 0.3) is 10.1 Å². The van der Waals surface area contributed by atoms with Gasteiger partial charge in [0.25, 0.3) is 5.91 Å². The molecule has 0 atom stereocenters. The Morgan fingerprint density at radius 1 is 1.23 bits per heavy atom. The molecule has 2 aromatic heterocycles. The topological polar surface area (TPSA) is 29.1 Å². The van der Waals surface area contributed by atoms with Crippen LogP contribution in [0.2, 0.25) is 0 Å². The summed E-state index contributed by atoms with van der Waals surface area (Å²) >= 11 is 3.44. The molecular formula is C18H17NOS2. The first-order valence-electron chi connectivity index (χ1n) is 7.66. The van der Waals surface area contributed by atoms with Crippen LogP contribution in [0.3, 0.4) is 0 Å². The standard InChI is InChI=1S/C18H17NOS2/c20-18(17-10-12-4-3-7-15(12)22-17)19-9-8-13-11-21-16-6-2-1-5-14(13)16/h1-2,5-6,10-11H,3-4,7-9H2,(H,19,20). The van der Waals surface area contributed by atoms with Gasteiger partial charge in [0.1, 0.15) is 0 Å². The zero-order valence-electron chi connectivity index (χ0n) is 12.2. The molecule has 4 rings (SSSR count). The lowest BCUT2D eigenvalue weighted by atomic mass is 10.1. The maximum Gasteiger partial charge on any atom is 0.261 e. The van der Waals surface area contributed by atoms with E-state index in [0.29, 0.717) is 6.54 Å². The molecule has 4 heteroatoms. The SMILES string of the molecule is O=C(NCCc1csc2ccccc12)c1cc2c(s1)CCC2. The van der Waals surface area contributed by atoms with E-state index in [2.05, 4.69) is 41.0 Å². The number of nitrogens with one attached hydrogen (secondary N) is 1. The number of rotatable bonds is 4. The van der Waals surface area contributed by atoms with Gasteiger partial charge in [-0.3, -0.25) is 4.79 Å². The molecule has 0 unspecified atom stereocenters. The molecule has 0 radical (unpaired) electrons. The summed E-state index contributed by atoms with van der Waals surface area (Å²) in [6.45, 7) is 0.697. The maximum absolute atomic E-state index is 12.2. The number of benzene rings is 1. The molecular weight excluding hydrogens is 310 g/mol. The third kappa shape index (κ3) is 2.57. The van der Waals surface area contributed by atoms with Gasteiger partial charge in [0.05, 0.1) is 4.88 Å². The van der Waals surface area contributed by atoms with Gasteiger partial charge in [-0.25, -0.2) is 0 Å². The van der Waals surface area contributed by atoms with Gasteiger partial charge in [-0.15, -0.1) is 22.7 Å². The minimum absolute atomic E-state index is 0.0823. The van der Waals surface area contributed by atoms with Crippen LogP contribution in [-0.2, 0) is 19.3 Å². The molecule has 0 saturated carbocycles. The largest absolute Gasteiger partial charge is 0.351 e. The molecule has 1 aromatic carbocycles. The van der Waals surface area contributed by atoms with Crippen LogP contribution < -0.4 is 5.32 Å². The lowest BCUT2D eigenvalue weighted by molar-refractivity contribution is 0.0958. The van der Waals surface area contributed by atoms with E-state index in [9.17, 15) is 4.79 Å². The van der Waals surface area contributed by atoms with E-state index in [-0.39, 0.29) is 5.91 Å². The van der Waals surface area contributed by atoms with E-state index in [4.69, 9.17) is 0 Å². The highest BCUT2D eigenvalue weighted by Gasteiger charge is 2.18. The molecule has 0 aliphatic heterocycles. The minimum Gasteiger partial charge on any atom is -0.351 e. The molecule has 1 N–H and O–H groups in total. The summed E-state index contributed by atoms with van der Waals surface area (Å²) in [4.78, 5) is 14.5. The number of carbonyl (C=O) groups excluding carboxylic acids is 1. The second kappa shape index (κ2) is 5.86. The predicted molar refractivity (Wildman–Crippen MR) is 94.2 cm³/mol. The van der Waals surface area contributed by atoms with E-state index < -0.39 is 0 Å². The van der Waals surface area contributed by atoms with Gasteiger partial charge < -0.3 is 5.32 Å². The number of hydrogen-bond acceptors (Lipinski definition) is 3. The molecule has 0 spiro atoms. The number of aryl methyl sites for hydroxylation is 2. The van der Waals surface area contributed by atoms with Crippen LogP contribution >= 0.6 is 22.7 Å². The van der Waals surface area contributed by atoms with Crippen molar-refractivity contribution < 1.29 is 4.79 Å². The van der Waals surface area contributed by atoms with Crippen molar-refractivity contribution in [2.24, 2.45) is 0 Å². The van der Waals surface area contributed by atoms with Crippen molar-refractivity contribution in [1.82, 2.24) is 5.32 Å². The van der Waals surface area contributed by atoms with Crippen molar-refractivity contribution in [3.8, 4) is 0 Å². The van der Waals surface area contributed by atoms with Crippen LogP contribution in [0.4, 0.5) is 0 Å². The molecule has 1 amide bonds. The van der Waals surface area contributed by atoms with Crippen molar-refractivity contribution in [1.29, 1.82) is 0 Å². The van der Waals surface area contributed by atoms with Crippen molar-refractivity contribution in [2.75, 3.05) is 6.54 Å². The number of hydrogen-bond donors (Lipinski definition) is 1. The highest BCUT2D eigenvalue weighted by Crippen LogP contribution is 2.30. The second-order valence-corrected chi connectivity index (χ2v) is 7.72. The van der Waals surface area contributed by atoms with Crippen LogP contribution in [0, 0.1) is 0 Å². The monoisotopic (exact) mass is 327 g/mol. The molecule has 0 saturated heterocycles. The summed E-state index contributed by atoms with van der Waals surface area (Å²) in [5.41, 5.74) is 2.72. The Hall–Kier alpha value is -1.65. The van der Waals surface area contributed by atoms with E-state index in [1.165, 1.54) is 32.5 Å². The molecule has 0 bridgehead atoms. The van der Waals surface area contributed by atoms with Gasteiger partial charge in [0, 0.05) is 16.1 Å². The quantitative estimate of drug-likeness (QED) is 0.755. The number of carbonyl (C=O) groups is 1. The molecule has 0 fully saturated rings. The fourth-order valence-electron chi connectivity index (χ4n) is 3.07. The van der Waals surface area contributed by atoms with Crippen molar-refractivity contribution >= 4 is 38.7 Å². The molecule has 112 valence electrons. The molecule has 22 heavy (non-hydrogen) atoms. The number of thiophene rings is 2. The Balaban J connectivity index is 1.39. The average molecular weight is 327 g/mol. The lowest BCUT2D eigenvalue weighted by Gasteiger charge is -2.03. The highest BCUT2D eigenvalue weighted by atomic mass is 32.1. The Morgan fingerprint density at radius 2 is 2.14 bits per heavy atom. The normalized spacial score (nSPS) is 13.5. The van der Waals surface area contributed by atoms with Crippen LogP contribution in [0.1, 0.15) is 32.1 Å². The molecule has 2 nitrogen and oxygen atoms in total. The summed E-state index contributed by atoms with van der Waals surface area (Å²) in [6.07, 6.45) is 4.42. The van der Waals surface area contributed by atoms with Crippen LogP contribution in [0.5, 0.6) is 0 Å². The van der Waals surface area contributed by atoms with Gasteiger partial charge >= 0.3 is 0 Å². The average Bonchev–Trinajstić information content (AvgIpc) is 3.21. The number of fused-ring (bicyclic) bond motifs is 2. The molecule has 1 aliphatic carbocycles. The van der Waals surface area contributed by atoms with Crippen LogP contribution in [-0.4, -0.2) is 12.5 Å². The third-order valence-electron chi connectivity index (χ3n) is 4.21. The summed E-state index contributed by atoms with van der Waals surface area (Å²) in [5, 5.41) is 6.59. The van der Waals surface area contributed by atoms with Crippen molar-refractivity contribution in [3.05, 3.63) is 56.6 Å². The second-order valence-electron chi connectivity index (χ2n) is 5.68. The first-order valence-corrected chi connectivity index (χ1v) is 9.36. The maximum atomic E-state index is 12.2. The summed E-state index contributed by atoms with van der Waals surface area (Å²) in [5.74, 6) is 0.0823. The molecule has 3 aromatic rings. The molecule has 1 aliphatic rings. The van der Waals surface area contributed by atoms with E-state index in [0.717, 1.165) is 24.1 Å². The first kappa shape index (κ1) is 14.0. The van der Waals surface area contributed by atoms with Gasteiger partial charge in [-0.2, -0.15) is 0 Å². The van der Waals surface area contributed by atoms with E-state index in [1.54, 1.807) is 22.7 Å². The zero-order chi connectivity index (χ0) is 14.9. The van der Waals surface area contributed by atoms with Crippen LogP contribution in [0.15, 0.2) is 35.7 Å². The predicted octanol–water partition coefficient (Wildman–Crippen LogP) is 4.42. The van der Waals surface area contributed by atoms with E-state index in [1.807, 2.05) is 0 Å². The van der Waals surface area contributed by atoms with E-state index >= 15 is 0 Å². The fourth-order valence-corrected chi connectivity index (χ4v) is 5.23. The van der Waals surface area contributed by atoms with Gasteiger partial charge in [0.2, 0.25) is 0 Å².